The van der Waals surface area contributed by atoms with Gasteiger partial charge in [0.05, 0.1) is 6.26 Å². The molecule has 5 rings (SSSR count). The normalized spacial score (nSPS) is 15.2. The topological polar surface area (TPSA) is 88.7 Å². The summed E-state index contributed by atoms with van der Waals surface area (Å²) in [5.41, 5.74) is 9.08. The van der Waals surface area contributed by atoms with Gasteiger partial charge in [-0.25, -0.2) is 9.97 Å². The molecule has 148 valence electrons. The first-order valence-electron chi connectivity index (χ1n) is 9.84. The lowest BCUT2D eigenvalue weighted by Gasteiger charge is -2.36. The molecule has 0 unspecified atom stereocenters. The Kier molecular flexibility index (Phi) is 4.61. The summed E-state index contributed by atoms with van der Waals surface area (Å²) in [6.07, 6.45) is 4.27. The molecule has 4 aromatic rings. The highest BCUT2D eigenvalue weighted by Crippen LogP contribution is 2.20. The van der Waals surface area contributed by atoms with Gasteiger partial charge >= 0.3 is 0 Å². The fourth-order valence-electron chi connectivity index (χ4n) is 3.77. The van der Waals surface area contributed by atoms with Crippen LogP contribution in [0.2, 0.25) is 0 Å². The Labute approximate surface area is 168 Å². The zero-order chi connectivity index (χ0) is 19.6. The van der Waals surface area contributed by atoms with Crippen LogP contribution in [-0.4, -0.2) is 57.2 Å². The summed E-state index contributed by atoms with van der Waals surface area (Å²) >= 11 is 0. The number of furan rings is 1. The average molecular weight is 389 g/mol. The van der Waals surface area contributed by atoms with Crippen molar-refractivity contribution in [3.8, 4) is 11.6 Å². The van der Waals surface area contributed by atoms with E-state index in [9.17, 15) is 0 Å². The van der Waals surface area contributed by atoms with Crippen LogP contribution in [0.3, 0.4) is 0 Å². The van der Waals surface area contributed by atoms with Crippen molar-refractivity contribution in [3.05, 3.63) is 60.5 Å². The predicted octanol–water partition coefficient (Wildman–Crippen LogP) is 2.33. The van der Waals surface area contributed by atoms with Crippen molar-refractivity contribution in [1.29, 1.82) is 0 Å². The number of nitrogen functional groups attached to an aromatic ring is 1. The van der Waals surface area contributed by atoms with Gasteiger partial charge in [-0.3, -0.25) is 4.90 Å². The molecule has 4 heterocycles. The summed E-state index contributed by atoms with van der Waals surface area (Å²) in [4.78, 5) is 13.9. The number of aromatic nitrogens is 4. The Hall–Kier alpha value is -3.39. The van der Waals surface area contributed by atoms with Crippen LogP contribution in [0.5, 0.6) is 0 Å². The fraction of sp³-hybridized carbons (Fsp3) is 0.286. The lowest BCUT2D eigenvalue weighted by atomic mass is 10.2. The smallest absolute Gasteiger partial charge is 0.223 e. The highest BCUT2D eigenvalue weighted by Gasteiger charge is 2.19. The predicted molar refractivity (Wildman–Crippen MR) is 112 cm³/mol. The molecule has 1 fully saturated rings. The van der Waals surface area contributed by atoms with Gasteiger partial charge in [0.25, 0.3) is 0 Å². The van der Waals surface area contributed by atoms with Gasteiger partial charge in [-0.15, -0.1) is 5.10 Å². The zero-order valence-corrected chi connectivity index (χ0v) is 16.1. The summed E-state index contributed by atoms with van der Waals surface area (Å²) in [5.74, 6) is 1.47. The van der Waals surface area contributed by atoms with Gasteiger partial charge in [0.1, 0.15) is 0 Å². The second kappa shape index (κ2) is 7.56. The number of para-hydroxylation sites is 1. The summed E-state index contributed by atoms with van der Waals surface area (Å²) < 4.78 is 7.02. The summed E-state index contributed by atoms with van der Waals surface area (Å²) in [5, 5.41) is 4.46. The van der Waals surface area contributed by atoms with Crippen molar-refractivity contribution in [2.45, 2.75) is 6.42 Å². The van der Waals surface area contributed by atoms with Crippen molar-refractivity contribution in [2.75, 3.05) is 43.4 Å². The molecule has 0 atom stereocenters. The highest BCUT2D eigenvalue weighted by atomic mass is 16.3. The van der Waals surface area contributed by atoms with Gasteiger partial charge < -0.3 is 15.1 Å². The van der Waals surface area contributed by atoms with Crippen LogP contribution < -0.4 is 10.6 Å². The van der Waals surface area contributed by atoms with E-state index in [1.165, 1.54) is 5.69 Å². The molecule has 8 nitrogen and oxygen atoms in total. The Morgan fingerprint density at radius 3 is 2.59 bits per heavy atom. The van der Waals surface area contributed by atoms with Crippen molar-refractivity contribution in [3.63, 3.8) is 0 Å². The number of piperazine rings is 1. The summed E-state index contributed by atoms with van der Waals surface area (Å²) in [7, 11) is 0. The number of fused-ring (bicyclic) bond motifs is 1. The van der Waals surface area contributed by atoms with Crippen LogP contribution in [0, 0.1) is 0 Å². The molecule has 0 bridgehead atoms. The van der Waals surface area contributed by atoms with E-state index >= 15 is 0 Å². The average Bonchev–Trinajstić information content (AvgIpc) is 3.45. The molecule has 3 aromatic heterocycles. The van der Waals surface area contributed by atoms with Crippen LogP contribution in [-0.2, 0) is 6.42 Å². The summed E-state index contributed by atoms with van der Waals surface area (Å²) in [6, 6.07) is 14.3. The minimum Gasteiger partial charge on any atom is -0.461 e. The van der Waals surface area contributed by atoms with Crippen LogP contribution >= 0.6 is 0 Å². The number of nitrogens with zero attached hydrogens (tertiary/aromatic N) is 6. The van der Waals surface area contributed by atoms with E-state index in [1.54, 1.807) is 10.8 Å². The quantitative estimate of drug-likeness (QED) is 0.560. The van der Waals surface area contributed by atoms with E-state index < -0.39 is 0 Å². The van der Waals surface area contributed by atoms with Crippen LogP contribution in [0.1, 0.15) is 5.56 Å². The second-order valence-electron chi connectivity index (χ2n) is 7.20. The molecule has 8 heteroatoms. The fourth-order valence-corrected chi connectivity index (χ4v) is 3.77. The Bertz CT molecular complexity index is 1080. The largest absolute Gasteiger partial charge is 0.461 e. The number of hydrogen-bond donors (Lipinski definition) is 1. The van der Waals surface area contributed by atoms with E-state index in [1.807, 2.05) is 18.3 Å². The molecule has 1 saturated heterocycles. The maximum atomic E-state index is 6.00. The molecule has 1 aliphatic rings. The van der Waals surface area contributed by atoms with E-state index in [2.05, 4.69) is 55.2 Å². The lowest BCUT2D eigenvalue weighted by Crippen LogP contribution is -2.47. The van der Waals surface area contributed by atoms with Crippen molar-refractivity contribution < 1.29 is 4.42 Å². The minimum atomic E-state index is 0.325. The van der Waals surface area contributed by atoms with Crippen LogP contribution in [0.25, 0.3) is 17.2 Å². The Morgan fingerprint density at radius 1 is 1.00 bits per heavy atom. The molecule has 1 aliphatic heterocycles. The zero-order valence-electron chi connectivity index (χ0n) is 16.1. The molecule has 0 saturated carbocycles. The molecular weight excluding hydrogens is 366 g/mol. The monoisotopic (exact) mass is 389 g/mol. The minimum absolute atomic E-state index is 0.325. The molecule has 29 heavy (non-hydrogen) atoms. The lowest BCUT2D eigenvalue weighted by molar-refractivity contribution is 0.261. The third kappa shape index (κ3) is 3.54. The first-order chi connectivity index (χ1) is 14.3. The third-order valence-corrected chi connectivity index (χ3v) is 5.40. The van der Waals surface area contributed by atoms with Crippen molar-refractivity contribution in [1.82, 2.24) is 24.5 Å². The maximum Gasteiger partial charge on any atom is 0.223 e. The Balaban J connectivity index is 1.27. The van der Waals surface area contributed by atoms with Crippen LogP contribution in [0.4, 0.5) is 11.6 Å². The number of rotatable bonds is 5. The van der Waals surface area contributed by atoms with Crippen molar-refractivity contribution in [2.24, 2.45) is 0 Å². The van der Waals surface area contributed by atoms with E-state index in [4.69, 9.17) is 10.2 Å². The van der Waals surface area contributed by atoms with Gasteiger partial charge in [-0.1, -0.05) is 18.2 Å². The third-order valence-electron chi connectivity index (χ3n) is 5.40. The van der Waals surface area contributed by atoms with Gasteiger partial charge in [0, 0.05) is 50.2 Å². The number of benzene rings is 1. The molecule has 0 radical (unpaired) electrons. The molecule has 2 N–H and O–H groups in total. The number of anilines is 2. The van der Waals surface area contributed by atoms with E-state index in [-0.39, 0.29) is 0 Å². The molecule has 0 aliphatic carbocycles. The van der Waals surface area contributed by atoms with Gasteiger partial charge in [-0.05, 0) is 30.7 Å². The first kappa shape index (κ1) is 17.7. The Morgan fingerprint density at radius 2 is 1.83 bits per heavy atom. The standard InChI is InChI=1S/C21H23N7O/c22-21-23-15-16(20-24-19(25-28(20)21)18-7-4-14-29-18)8-9-26-10-12-27(13-11-26)17-5-2-1-3-6-17/h1-7,14-15H,8-13H2,(H2,22,23). The molecular formula is C21H23N7O. The first-order valence-corrected chi connectivity index (χ1v) is 9.84. The summed E-state index contributed by atoms with van der Waals surface area (Å²) in [6.45, 7) is 5.10. The SMILES string of the molecule is Nc1ncc(CCN2CCN(c3ccccc3)CC2)c2nc(-c3ccco3)nn12. The molecule has 0 spiro atoms. The van der Waals surface area contributed by atoms with Crippen LogP contribution in [0.15, 0.2) is 59.3 Å². The van der Waals surface area contributed by atoms with E-state index in [0.29, 0.717) is 17.5 Å². The van der Waals surface area contributed by atoms with E-state index in [0.717, 1.165) is 50.4 Å². The maximum absolute atomic E-state index is 6.00. The highest BCUT2D eigenvalue weighted by molar-refractivity contribution is 5.57. The second-order valence-corrected chi connectivity index (χ2v) is 7.20. The molecule has 1 aromatic carbocycles. The number of hydrogen-bond acceptors (Lipinski definition) is 7. The number of nitrogens with two attached hydrogens (primary N) is 1. The van der Waals surface area contributed by atoms with Crippen molar-refractivity contribution >= 4 is 17.3 Å². The van der Waals surface area contributed by atoms with Gasteiger partial charge in [0.15, 0.2) is 11.4 Å². The molecule has 0 amide bonds. The van der Waals surface area contributed by atoms with Gasteiger partial charge in [0.2, 0.25) is 11.8 Å². The van der Waals surface area contributed by atoms with Gasteiger partial charge in [-0.2, -0.15) is 4.52 Å².